The summed E-state index contributed by atoms with van der Waals surface area (Å²) in [5, 5.41) is 7.70. The summed E-state index contributed by atoms with van der Waals surface area (Å²) >= 11 is 3.38. The molecule has 3 aromatic rings. The molecule has 0 saturated carbocycles. The molecule has 0 atom stereocenters. The van der Waals surface area contributed by atoms with E-state index in [-0.39, 0.29) is 12.5 Å². The summed E-state index contributed by atoms with van der Waals surface area (Å²) in [4.78, 5) is 12.4. The van der Waals surface area contributed by atoms with Crippen LogP contribution in [0.5, 0.6) is 5.75 Å². The summed E-state index contributed by atoms with van der Waals surface area (Å²) in [6, 6.07) is 17.3. The number of fused-ring (bicyclic) bond motifs is 1. The minimum atomic E-state index is -0.195. The Labute approximate surface area is 160 Å². The maximum absolute atomic E-state index is 12.4. The fourth-order valence-corrected chi connectivity index (χ4v) is 3.39. The van der Waals surface area contributed by atoms with Crippen LogP contribution in [0.15, 0.2) is 59.1 Å². The number of carbonyl (C=O) groups excluding carboxylic acids is 1. The minimum absolute atomic E-state index is 0.0453. The zero-order chi connectivity index (χ0) is 17.9. The first-order chi connectivity index (χ1) is 12.7. The molecule has 0 radical (unpaired) electrons. The van der Waals surface area contributed by atoms with Gasteiger partial charge in [-0.2, -0.15) is 5.10 Å². The van der Waals surface area contributed by atoms with Gasteiger partial charge in [0.1, 0.15) is 11.6 Å². The number of carbonyl (C=O) groups is 1. The molecule has 6 heteroatoms. The van der Waals surface area contributed by atoms with E-state index in [1.165, 1.54) is 0 Å². The maximum atomic E-state index is 12.4. The highest BCUT2D eigenvalue weighted by molar-refractivity contribution is 9.10. The smallest absolute Gasteiger partial charge is 0.263 e. The van der Waals surface area contributed by atoms with E-state index in [1.54, 1.807) is 0 Å². The summed E-state index contributed by atoms with van der Waals surface area (Å²) in [7, 11) is 0. The molecule has 1 aliphatic rings. The average Bonchev–Trinajstić information content (AvgIpc) is 3.25. The van der Waals surface area contributed by atoms with E-state index in [4.69, 9.17) is 9.84 Å². The molecule has 5 nitrogen and oxygen atoms in total. The highest BCUT2D eigenvalue weighted by atomic mass is 79.9. The van der Waals surface area contributed by atoms with Crippen LogP contribution >= 0.6 is 15.9 Å². The first kappa shape index (κ1) is 16.8. The summed E-state index contributed by atoms with van der Waals surface area (Å²) in [6.45, 7) is -0.0453. The van der Waals surface area contributed by atoms with Crippen LogP contribution in [0.2, 0.25) is 0 Å². The molecule has 1 amide bonds. The zero-order valence-electron chi connectivity index (χ0n) is 14.1. The van der Waals surface area contributed by atoms with Gasteiger partial charge in [0.05, 0.1) is 11.4 Å². The summed E-state index contributed by atoms with van der Waals surface area (Å²) in [5.74, 6) is 1.22. The van der Waals surface area contributed by atoms with Gasteiger partial charge >= 0.3 is 0 Å². The second-order valence-electron chi connectivity index (χ2n) is 6.17. The number of hydrogen-bond acceptors (Lipinski definition) is 3. The van der Waals surface area contributed by atoms with E-state index >= 15 is 0 Å². The number of rotatable bonds is 5. The predicted octanol–water partition coefficient (Wildman–Crippen LogP) is 4.14. The lowest BCUT2D eigenvalue weighted by Gasteiger charge is -2.11. The maximum Gasteiger partial charge on any atom is 0.263 e. The van der Waals surface area contributed by atoms with Crippen LogP contribution in [-0.2, 0) is 17.6 Å². The van der Waals surface area contributed by atoms with Crippen LogP contribution in [0.1, 0.15) is 17.7 Å². The van der Waals surface area contributed by atoms with Crippen molar-refractivity contribution in [1.29, 1.82) is 0 Å². The molecule has 2 aromatic carbocycles. The standard InChI is InChI=1S/C20H18BrN3O2/c21-14-9-11-16(12-10-14)26-13-19(25)22-20-17-7-4-8-18(17)23-24(20)15-5-2-1-3-6-15/h1-3,5-6,9-12H,4,7-8,13H2,(H,22,25). The molecule has 0 spiro atoms. The number of aryl methyl sites for hydroxylation is 1. The minimum Gasteiger partial charge on any atom is -0.484 e. The van der Waals surface area contributed by atoms with Crippen LogP contribution in [0.4, 0.5) is 5.82 Å². The highest BCUT2D eigenvalue weighted by Gasteiger charge is 2.24. The second kappa shape index (κ2) is 7.33. The van der Waals surface area contributed by atoms with Crippen molar-refractivity contribution in [1.82, 2.24) is 9.78 Å². The number of nitrogens with zero attached hydrogens (tertiary/aromatic N) is 2. The number of amides is 1. The topological polar surface area (TPSA) is 56.1 Å². The van der Waals surface area contributed by atoms with Crippen LogP contribution < -0.4 is 10.1 Å². The van der Waals surface area contributed by atoms with Crippen LogP contribution in [0.25, 0.3) is 5.69 Å². The number of benzene rings is 2. The van der Waals surface area contributed by atoms with E-state index in [1.807, 2.05) is 59.3 Å². The molecule has 1 aliphatic carbocycles. The predicted molar refractivity (Wildman–Crippen MR) is 104 cm³/mol. The van der Waals surface area contributed by atoms with E-state index in [0.717, 1.165) is 46.5 Å². The van der Waals surface area contributed by atoms with Gasteiger partial charge in [0.2, 0.25) is 0 Å². The number of anilines is 1. The normalized spacial score (nSPS) is 12.7. The molecule has 1 N–H and O–H groups in total. The lowest BCUT2D eigenvalue weighted by molar-refractivity contribution is -0.118. The number of nitrogens with one attached hydrogen (secondary N) is 1. The Morgan fingerprint density at radius 3 is 2.65 bits per heavy atom. The van der Waals surface area contributed by atoms with Gasteiger partial charge < -0.3 is 10.1 Å². The van der Waals surface area contributed by atoms with E-state index in [0.29, 0.717) is 5.75 Å². The highest BCUT2D eigenvalue weighted by Crippen LogP contribution is 2.30. The number of para-hydroxylation sites is 1. The van der Waals surface area contributed by atoms with Crippen LogP contribution in [0.3, 0.4) is 0 Å². The van der Waals surface area contributed by atoms with E-state index in [9.17, 15) is 4.79 Å². The average molecular weight is 412 g/mol. The quantitative estimate of drug-likeness (QED) is 0.686. The van der Waals surface area contributed by atoms with Gasteiger partial charge in [-0.05, 0) is 55.7 Å². The Morgan fingerprint density at radius 1 is 1.12 bits per heavy atom. The third kappa shape index (κ3) is 3.51. The van der Waals surface area contributed by atoms with Crippen LogP contribution in [0, 0.1) is 0 Å². The van der Waals surface area contributed by atoms with Gasteiger partial charge in [0.25, 0.3) is 5.91 Å². The third-order valence-corrected chi connectivity index (χ3v) is 4.88. The molecule has 26 heavy (non-hydrogen) atoms. The first-order valence-corrected chi connectivity index (χ1v) is 9.34. The van der Waals surface area contributed by atoms with E-state index < -0.39 is 0 Å². The molecule has 0 aliphatic heterocycles. The van der Waals surface area contributed by atoms with Crippen molar-refractivity contribution in [2.45, 2.75) is 19.3 Å². The molecular formula is C20H18BrN3O2. The summed E-state index contributed by atoms with van der Waals surface area (Å²) in [5.41, 5.74) is 3.13. The molecule has 132 valence electrons. The van der Waals surface area contributed by atoms with Crippen molar-refractivity contribution in [2.24, 2.45) is 0 Å². The summed E-state index contributed by atoms with van der Waals surface area (Å²) in [6.07, 6.45) is 2.96. The molecule has 0 unspecified atom stereocenters. The Hall–Kier alpha value is -2.60. The van der Waals surface area contributed by atoms with Crippen molar-refractivity contribution in [3.8, 4) is 11.4 Å². The SMILES string of the molecule is O=C(COc1ccc(Br)cc1)Nc1c2c(nn1-c1ccccc1)CCC2. The van der Waals surface area contributed by atoms with Crippen molar-refractivity contribution < 1.29 is 9.53 Å². The van der Waals surface area contributed by atoms with Crippen molar-refractivity contribution in [2.75, 3.05) is 11.9 Å². The molecule has 1 aromatic heterocycles. The van der Waals surface area contributed by atoms with Gasteiger partial charge in [0.15, 0.2) is 6.61 Å². The third-order valence-electron chi connectivity index (χ3n) is 4.35. The monoisotopic (exact) mass is 411 g/mol. The molecule has 0 fully saturated rings. The number of hydrogen-bond donors (Lipinski definition) is 1. The van der Waals surface area contributed by atoms with Gasteiger partial charge in [-0.25, -0.2) is 4.68 Å². The molecule has 0 bridgehead atoms. The fourth-order valence-electron chi connectivity index (χ4n) is 3.12. The van der Waals surface area contributed by atoms with E-state index in [2.05, 4.69) is 21.2 Å². The van der Waals surface area contributed by atoms with Gasteiger partial charge in [-0.15, -0.1) is 0 Å². The molecule has 4 rings (SSSR count). The van der Waals surface area contributed by atoms with Crippen molar-refractivity contribution >= 4 is 27.7 Å². The lowest BCUT2D eigenvalue weighted by Crippen LogP contribution is -2.22. The molecular weight excluding hydrogens is 394 g/mol. The van der Waals surface area contributed by atoms with Crippen molar-refractivity contribution in [3.63, 3.8) is 0 Å². The van der Waals surface area contributed by atoms with Crippen LogP contribution in [-0.4, -0.2) is 22.3 Å². The Kier molecular flexibility index (Phi) is 4.75. The van der Waals surface area contributed by atoms with Gasteiger partial charge in [-0.3, -0.25) is 4.79 Å². The Morgan fingerprint density at radius 2 is 1.88 bits per heavy atom. The lowest BCUT2D eigenvalue weighted by atomic mass is 10.2. The fraction of sp³-hybridized carbons (Fsp3) is 0.200. The second-order valence-corrected chi connectivity index (χ2v) is 7.08. The Balaban J connectivity index is 1.52. The van der Waals surface area contributed by atoms with Gasteiger partial charge in [-0.1, -0.05) is 34.1 Å². The number of halogens is 1. The number of aromatic nitrogens is 2. The van der Waals surface area contributed by atoms with Gasteiger partial charge in [0, 0.05) is 10.0 Å². The number of ether oxygens (including phenoxy) is 1. The Bertz CT molecular complexity index is 920. The van der Waals surface area contributed by atoms with Crippen molar-refractivity contribution in [3.05, 3.63) is 70.3 Å². The largest absolute Gasteiger partial charge is 0.484 e. The zero-order valence-corrected chi connectivity index (χ0v) is 15.7. The molecule has 0 saturated heterocycles. The first-order valence-electron chi connectivity index (χ1n) is 8.55. The summed E-state index contributed by atoms with van der Waals surface area (Å²) < 4.78 is 8.36. The molecule has 1 heterocycles.